The van der Waals surface area contributed by atoms with E-state index in [9.17, 15) is 9.90 Å². The molecule has 4 heteroatoms. The van der Waals surface area contributed by atoms with Crippen LogP contribution in [-0.2, 0) is 4.79 Å². The van der Waals surface area contributed by atoms with E-state index in [1.54, 1.807) is 4.90 Å². The van der Waals surface area contributed by atoms with Crippen molar-refractivity contribution in [1.82, 2.24) is 4.90 Å². The topological polar surface area (TPSA) is 47.8 Å². The Morgan fingerprint density at radius 3 is 2.57 bits per heavy atom. The fourth-order valence-electron chi connectivity index (χ4n) is 1.83. The molecular formula is C10H20N2O2. The van der Waals surface area contributed by atoms with Crippen LogP contribution in [0.15, 0.2) is 0 Å². The summed E-state index contributed by atoms with van der Waals surface area (Å²) in [6.07, 6.45) is 1.99. The average Bonchev–Trinajstić information content (AvgIpc) is 2.15. The lowest BCUT2D eigenvalue weighted by atomic mass is 10.2. The van der Waals surface area contributed by atoms with Gasteiger partial charge < -0.3 is 14.8 Å². The van der Waals surface area contributed by atoms with Crippen molar-refractivity contribution >= 4 is 5.97 Å². The van der Waals surface area contributed by atoms with E-state index in [0.29, 0.717) is 0 Å². The summed E-state index contributed by atoms with van der Waals surface area (Å²) in [5.74, 6) is -0.918. The lowest BCUT2D eigenvalue weighted by Gasteiger charge is -2.29. The van der Waals surface area contributed by atoms with Crippen LogP contribution >= 0.6 is 0 Å². The van der Waals surface area contributed by atoms with Gasteiger partial charge in [0.1, 0.15) is 0 Å². The van der Waals surface area contributed by atoms with Crippen molar-refractivity contribution in [1.29, 1.82) is 0 Å². The minimum atomic E-state index is -0.918. The predicted molar refractivity (Wildman–Crippen MR) is 51.9 cm³/mol. The molecule has 82 valence electrons. The van der Waals surface area contributed by atoms with E-state index in [1.165, 1.54) is 13.1 Å². The van der Waals surface area contributed by atoms with Crippen LogP contribution in [0.2, 0.25) is 0 Å². The van der Waals surface area contributed by atoms with Gasteiger partial charge in [0.25, 0.3) is 0 Å². The van der Waals surface area contributed by atoms with E-state index >= 15 is 0 Å². The van der Waals surface area contributed by atoms with E-state index in [4.69, 9.17) is 0 Å². The Kier molecular flexibility index (Phi) is 4.90. The maximum Gasteiger partial charge on any atom is 0.0900 e. The highest BCUT2D eigenvalue weighted by atomic mass is 16.4. The summed E-state index contributed by atoms with van der Waals surface area (Å²) in [4.78, 5) is 14.1. The zero-order valence-corrected chi connectivity index (χ0v) is 8.92. The molecule has 0 radical (unpaired) electrons. The zero-order valence-electron chi connectivity index (χ0n) is 8.92. The monoisotopic (exact) mass is 200 g/mol. The molecule has 0 bridgehead atoms. The molecule has 0 aliphatic carbocycles. The van der Waals surface area contributed by atoms with E-state index in [-0.39, 0.29) is 6.42 Å². The fourth-order valence-corrected chi connectivity index (χ4v) is 1.83. The number of aliphatic carboxylic acids is 1. The van der Waals surface area contributed by atoms with Crippen molar-refractivity contribution in [3.63, 3.8) is 0 Å². The minimum absolute atomic E-state index is 0.215. The van der Waals surface area contributed by atoms with E-state index in [2.05, 4.69) is 11.9 Å². The molecule has 1 heterocycles. The quantitative estimate of drug-likeness (QED) is 0.509. The number of carbonyl (C=O) groups excluding carboxylic acids is 1. The number of rotatable bonds is 5. The predicted octanol–water partition coefficient (Wildman–Crippen LogP) is -2.26. The zero-order chi connectivity index (χ0) is 10.4. The van der Waals surface area contributed by atoms with Gasteiger partial charge in [-0.05, 0) is 26.3 Å². The van der Waals surface area contributed by atoms with Gasteiger partial charge in [0.15, 0.2) is 0 Å². The molecule has 0 atom stereocenters. The molecule has 14 heavy (non-hydrogen) atoms. The molecule has 0 spiro atoms. The molecule has 0 aromatic carbocycles. The molecule has 0 unspecified atom stereocenters. The van der Waals surface area contributed by atoms with E-state index in [1.807, 2.05) is 0 Å². The third kappa shape index (κ3) is 4.58. The summed E-state index contributed by atoms with van der Waals surface area (Å²) in [6.45, 7) is 5.83. The third-order valence-electron chi connectivity index (χ3n) is 2.86. The number of quaternary nitrogens is 1. The molecule has 1 fully saturated rings. The molecule has 1 aliphatic heterocycles. The van der Waals surface area contributed by atoms with Crippen LogP contribution in [0.1, 0.15) is 19.3 Å². The summed E-state index contributed by atoms with van der Waals surface area (Å²) in [5, 5.41) is 10.2. The first-order valence-electron chi connectivity index (χ1n) is 5.40. The molecule has 0 amide bonds. The van der Waals surface area contributed by atoms with Gasteiger partial charge in [-0.2, -0.15) is 0 Å². The van der Waals surface area contributed by atoms with Gasteiger partial charge in [-0.25, -0.2) is 0 Å². The average molecular weight is 200 g/mol. The van der Waals surface area contributed by atoms with Crippen molar-refractivity contribution in [3.05, 3.63) is 0 Å². The second kappa shape index (κ2) is 5.98. The smallest absolute Gasteiger partial charge is 0.0900 e. The van der Waals surface area contributed by atoms with Crippen molar-refractivity contribution < 1.29 is 14.8 Å². The minimum Gasteiger partial charge on any atom is -0.550 e. The number of piperazine rings is 1. The highest BCUT2D eigenvalue weighted by Crippen LogP contribution is 1.91. The molecular weight excluding hydrogens is 180 g/mol. The fraction of sp³-hybridized carbons (Fsp3) is 0.900. The molecule has 1 saturated heterocycles. The first-order valence-corrected chi connectivity index (χ1v) is 5.40. The molecule has 1 rings (SSSR count). The van der Waals surface area contributed by atoms with E-state index < -0.39 is 5.97 Å². The Labute approximate surface area is 85.5 Å². The molecule has 4 nitrogen and oxygen atoms in total. The summed E-state index contributed by atoms with van der Waals surface area (Å²) < 4.78 is 0. The number of nitrogens with zero attached hydrogens (tertiary/aromatic N) is 1. The lowest BCUT2D eigenvalue weighted by Crippen LogP contribution is -3.14. The normalized spacial score (nSPS) is 19.8. The van der Waals surface area contributed by atoms with E-state index in [0.717, 1.165) is 32.5 Å². The Balaban J connectivity index is 1.99. The second-order valence-electron chi connectivity index (χ2n) is 4.13. The Morgan fingerprint density at radius 2 is 2.00 bits per heavy atom. The highest BCUT2D eigenvalue weighted by molar-refractivity contribution is 5.63. The Morgan fingerprint density at radius 1 is 1.36 bits per heavy atom. The summed E-state index contributed by atoms with van der Waals surface area (Å²) >= 11 is 0. The summed E-state index contributed by atoms with van der Waals surface area (Å²) in [7, 11) is 2.15. The standard InChI is InChI=1S/C10H20N2O2/c1-11-6-8-12(9-7-11)5-3-2-4-10(13)14/h2-9H2,1H3,(H,13,14). The molecule has 0 aromatic rings. The van der Waals surface area contributed by atoms with Crippen molar-refractivity contribution in [3.8, 4) is 0 Å². The first-order chi connectivity index (χ1) is 6.68. The Bertz CT molecular complexity index is 177. The summed E-state index contributed by atoms with van der Waals surface area (Å²) in [5.41, 5.74) is 0. The van der Waals surface area contributed by atoms with Gasteiger partial charge in [-0.1, -0.05) is 0 Å². The van der Waals surface area contributed by atoms with Crippen molar-refractivity contribution in [2.24, 2.45) is 0 Å². The number of hydrogen-bond acceptors (Lipinski definition) is 3. The van der Waals surface area contributed by atoms with Gasteiger partial charge >= 0.3 is 0 Å². The number of hydrogen-bond donors (Lipinski definition) is 1. The van der Waals surface area contributed by atoms with Gasteiger partial charge in [0, 0.05) is 19.1 Å². The largest absolute Gasteiger partial charge is 0.550 e. The number of carboxylic acids is 1. The highest BCUT2D eigenvalue weighted by Gasteiger charge is 2.15. The van der Waals surface area contributed by atoms with Crippen molar-refractivity contribution in [2.75, 3.05) is 39.8 Å². The number of likely N-dealkylation sites (N-methyl/N-ethyl adjacent to an activating group) is 1. The van der Waals surface area contributed by atoms with Gasteiger partial charge in [0.05, 0.1) is 19.6 Å². The van der Waals surface area contributed by atoms with Crippen molar-refractivity contribution in [2.45, 2.75) is 19.3 Å². The van der Waals surface area contributed by atoms with Crippen LogP contribution in [0, 0.1) is 0 Å². The third-order valence-corrected chi connectivity index (χ3v) is 2.86. The van der Waals surface area contributed by atoms with Crippen LogP contribution in [0.25, 0.3) is 0 Å². The Hall–Kier alpha value is -0.610. The first kappa shape index (κ1) is 11.5. The van der Waals surface area contributed by atoms with Crippen LogP contribution in [-0.4, -0.2) is 50.6 Å². The SMILES string of the molecule is CN1CC[NH+](CCCCC(=O)[O-])CC1. The number of carbonyl (C=O) groups is 1. The van der Waals surface area contributed by atoms with Gasteiger partial charge in [0.2, 0.25) is 0 Å². The number of carboxylic acid groups (broad SMARTS) is 1. The maximum absolute atomic E-state index is 10.2. The molecule has 1 aliphatic rings. The van der Waals surface area contributed by atoms with Gasteiger partial charge in [-0.15, -0.1) is 0 Å². The van der Waals surface area contributed by atoms with Gasteiger partial charge in [-0.3, -0.25) is 4.90 Å². The summed E-state index contributed by atoms with van der Waals surface area (Å²) in [6, 6.07) is 0. The van der Waals surface area contributed by atoms with Crippen LogP contribution in [0.4, 0.5) is 0 Å². The number of nitrogens with one attached hydrogen (secondary N) is 1. The molecule has 1 N–H and O–H groups in total. The number of unbranched alkanes of at least 4 members (excludes halogenated alkanes) is 1. The lowest BCUT2D eigenvalue weighted by molar-refractivity contribution is -0.904. The molecule has 0 saturated carbocycles. The molecule has 0 aromatic heterocycles. The van der Waals surface area contributed by atoms with Crippen LogP contribution in [0.5, 0.6) is 0 Å². The van der Waals surface area contributed by atoms with Crippen LogP contribution < -0.4 is 10.0 Å². The maximum atomic E-state index is 10.2. The second-order valence-corrected chi connectivity index (χ2v) is 4.13. The van der Waals surface area contributed by atoms with Crippen LogP contribution in [0.3, 0.4) is 0 Å².